The van der Waals surface area contributed by atoms with Crippen molar-refractivity contribution in [2.24, 2.45) is 5.16 Å². The molecular weight excluding hydrogens is 328 g/mol. The van der Waals surface area contributed by atoms with Gasteiger partial charge in [0.2, 0.25) is 0 Å². The summed E-state index contributed by atoms with van der Waals surface area (Å²) in [7, 11) is 0. The van der Waals surface area contributed by atoms with E-state index in [4.69, 9.17) is 4.84 Å². The third-order valence-electron chi connectivity index (χ3n) is 4.70. The second kappa shape index (κ2) is 5.95. The molecule has 0 unspecified atom stereocenters. The van der Waals surface area contributed by atoms with E-state index in [0.29, 0.717) is 17.6 Å². The van der Waals surface area contributed by atoms with Crippen molar-refractivity contribution in [1.29, 1.82) is 0 Å². The van der Waals surface area contributed by atoms with E-state index in [9.17, 15) is 9.59 Å². The molecule has 0 aliphatic carbocycles. The number of rotatable bonds is 3. The predicted molar refractivity (Wildman–Crippen MR) is 102 cm³/mol. The van der Waals surface area contributed by atoms with Gasteiger partial charge in [0.15, 0.2) is 5.78 Å². The molecule has 0 bridgehead atoms. The first-order valence-electron chi connectivity index (χ1n) is 8.47. The monoisotopic (exact) mass is 346 g/mol. The third kappa shape index (κ3) is 2.44. The normalized spacial score (nSPS) is 14.8. The summed E-state index contributed by atoms with van der Waals surface area (Å²) in [5, 5.41) is 6.12. The molecule has 2 heterocycles. The van der Waals surface area contributed by atoms with Gasteiger partial charge in [-0.15, -0.1) is 0 Å². The van der Waals surface area contributed by atoms with Crippen LogP contribution in [0.3, 0.4) is 0 Å². The fourth-order valence-corrected chi connectivity index (χ4v) is 3.58. The molecule has 1 aliphatic rings. The zero-order valence-electron chi connectivity index (χ0n) is 14.7. The predicted octanol–water partition coefficient (Wildman–Crippen LogP) is 4.22. The number of benzene rings is 2. The van der Waals surface area contributed by atoms with Crippen LogP contribution in [-0.2, 0) is 16.2 Å². The van der Waals surface area contributed by atoms with E-state index in [1.54, 1.807) is 6.92 Å². The van der Waals surface area contributed by atoms with Gasteiger partial charge in [0.05, 0.1) is 11.2 Å². The second-order valence-corrected chi connectivity index (χ2v) is 6.57. The lowest BCUT2D eigenvalue weighted by Gasteiger charge is -2.17. The molecule has 1 aromatic heterocycles. The number of oxime groups is 1. The summed E-state index contributed by atoms with van der Waals surface area (Å²) in [6, 6.07) is 11.8. The summed E-state index contributed by atoms with van der Waals surface area (Å²) in [5.41, 5.74) is 5.02. The number of allylic oxidation sites excluding steroid dienone is 1. The lowest BCUT2D eigenvalue weighted by molar-refractivity contribution is -0.140. The molecule has 4 rings (SSSR count). The van der Waals surface area contributed by atoms with E-state index in [0.717, 1.165) is 39.6 Å². The van der Waals surface area contributed by atoms with Crippen molar-refractivity contribution in [2.45, 2.75) is 26.8 Å². The first-order valence-corrected chi connectivity index (χ1v) is 8.47. The Morgan fingerprint density at radius 2 is 1.96 bits per heavy atom. The minimum Gasteiger partial charge on any atom is -0.340 e. The van der Waals surface area contributed by atoms with Crippen molar-refractivity contribution < 1.29 is 14.4 Å². The molecule has 130 valence electrons. The highest BCUT2D eigenvalue weighted by Gasteiger charge is 2.22. The van der Waals surface area contributed by atoms with Crippen molar-refractivity contribution in [3.05, 3.63) is 59.7 Å². The van der Waals surface area contributed by atoms with Crippen LogP contribution in [0.15, 0.2) is 53.7 Å². The molecule has 0 saturated carbocycles. The van der Waals surface area contributed by atoms with Gasteiger partial charge in [-0.3, -0.25) is 4.79 Å². The molecule has 0 amide bonds. The van der Waals surface area contributed by atoms with Crippen LogP contribution in [0.1, 0.15) is 36.2 Å². The van der Waals surface area contributed by atoms with Crippen LogP contribution in [0.5, 0.6) is 0 Å². The summed E-state index contributed by atoms with van der Waals surface area (Å²) < 4.78 is 2.24. The lowest BCUT2D eigenvalue weighted by Crippen LogP contribution is -2.15. The Morgan fingerprint density at radius 1 is 1.15 bits per heavy atom. The van der Waals surface area contributed by atoms with Crippen LogP contribution in [0.25, 0.3) is 21.8 Å². The maximum atomic E-state index is 12.3. The number of carbonyl (C=O) groups excluding carboxylic acids is 2. The molecule has 26 heavy (non-hydrogen) atoms. The van der Waals surface area contributed by atoms with Crippen molar-refractivity contribution >= 4 is 39.3 Å². The highest BCUT2D eigenvalue weighted by atomic mass is 16.7. The molecule has 1 aliphatic heterocycles. The molecule has 5 heteroatoms. The van der Waals surface area contributed by atoms with E-state index in [-0.39, 0.29) is 5.78 Å². The first-order chi connectivity index (χ1) is 12.5. The lowest BCUT2D eigenvalue weighted by atomic mass is 10.00. The maximum Gasteiger partial charge on any atom is 0.331 e. The SMILES string of the molecule is C=C(C)C(=O)c1ccc2c(c1)c1cccc3c1n2CC/C3=N\OC(C)=O. The molecule has 0 N–H and O–H groups in total. The van der Waals surface area contributed by atoms with E-state index in [2.05, 4.69) is 16.3 Å². The average Bonchev–Trinajstić information content (AvgIpc) is 2.95. The molecule has 3 aromatic rings. The highest BCUT2D eigenvalue weighted by Crippen LogP contribution is 2.35. The van der Waals surface area contributed by atoms with Crippen LogP contribution < -0.4 is 0 Å². The van der Waals surface area contributed by atoms with Gasteiger partial charge in [-0.2, -0.15) is 0 Å². The van der Waals surface area contributed by atoms with Gasteiger partial charge in [0, 0.05) is 47.3 Å². The van der Waals surface area contributed by atoms with Gasteiger partial charge in [-0.1, -0.05) is 29.9 Å². The topological polar surface area (TPSA) is 60.7 Å². The smallest absolute Gasteiger partial charge is 0.331 e. The minimum absolute atomic E-state index is 0.0454. The molecule has 0 fully saturated rings. The van der Waals surface area contributed by atoms with Crippen LogP contribution in [0, 0.1) is 0 Å². The number of para-hydroxylation sites is 1. The Kier molecular flexibility index (Phi) is 3.72. The Morgan fingerprint density at radius 3 is 2.69 bits per heavy atom. The number of carbonyl (C=O) groups is 2. The standard InChI is InChI=1S/C21H18N2O3/c1-12(2)21(25)14-7-8-19-17(11-14)15-5-4-6-16-18(22-26-13(3)24)9-10-23(19)20(15)16/h4-8,11H,1,9-10H2,2-3H3/b22-18+. The average molecular weight is 346 g/mol. The fourth-order valence-electron chi connectivity index (χ4n) is 3.58. The number of hydrogen-bond donors (Lipinski definition) is 0. The number of Topliss-reactive ketones (excluding diaryl/α,β-unsaturated/α-hetero) is 1. The molecule has 5 nitrogen and oxygen atoms in total. The van der Waals surface area contributed by atoms with Crippen molar-refractivity contribution in [3.63, 3.8) is 0 Å². The highest BCUT2D eigenvalue weighted by molar-refractivity contribution is 6.20. The van der Waals surface area contributed by atoms with Gasteiger partial charge in [0.1, 0.15) is 0 Å². The molecule has 0 atom stereocenters. The zero-order chi connectivity index (χ0) is 18.4. The molecule has 0 saturated heterocycles. The van der Waals surface area contributed by atoms with Gasteiger partial charge in [0.25, 0.3) is 0 Å². The Hall–Kier alpha value is -3.21. The van der Waals surface area contributed by atoms with Crippen LogP contribution >= 0.6 is 0 Å². The Balaban J connectivity index is 1.97. The minimum atomic E-state index is -0.432. The third-order valence-corrected chi connectivity index (χ3v) is 4.70. The van der Waals surface area contributed by atoms with Crippen molar-refractivity contribution in [2.75, 3.05) is 0 Å². The van der Waals surface area contributed by atoms with Crippen molar-refractivity contribution in [1.82, 2.24) is 4.57 Å². The van der Waals surface area contributed by atoms with Crippen LogP contribution in [0.2, 0.25) is 0 Å². The van der Waals surface area contributed by atoms with E-state index < -0.39 is 5.97 Å². The number of hydrogen-bond acceptors (Lipinski definition) is 4. The molecular formula is C21H18N2O3. The Labute approximate surface area is 150 Å². The summed E-state index contributed by atoms with van der Waals surface area (Å²) in [6.45, 7) is 7.55. The summed E-state index contributed by atoms with van der Waals surface area (Å²) in [5.74, 6) is -0.477. The number of nitrogens with zero attached hydrogens (tertiary/aromatic N) is 2. The molecule has 2 aromatic carbocycles. The molecule has 0 radical (unpaired) electrons. The molecule has 0 spiro atoms. The van der Waals surface area contributed by atoms with Gasteiger partial charge in [-0.25, -0.2) is 4.79 Å². The van der Waals surface area contributed by atoms with E-state index >= 15 is 0 Å². The fraction of sp³-hybridized carbons (Fsp3) is 0.190. The number of aromatic nitrogens is 1. The Bertz CT molecular complexity index is 1140. The summed E-state index contributed by atoms with van der Waals surface area (Å²) in [6.07, 6.45) is 0.676. The second-order valence-electron chi connectivity index (χ2n) is 6.57. The van der Waals surface area contributed by atoms with Crippen LogP contribution in [0.4, 0.5) is 0 Å². The van der Waals surface area contributed by atoms with Crippen LogP contribution in [-0.4, -0.2) is 22.0 Å². The first kappa shape index (κ1) is 16.3. The number of fused-ring (bicyclic) bond motifs is 3. The quantitative estimate of drug-likeness (QED) is 0.309. The van der Waals surface area contributed by atoms with E-state index in [1.165, 1.54) is 6.92 Å². The summed E-state index contributed by atoms with van der Waals surface area (Å²) in [4.78, 5) is 28.3. The number of ketones is 1. The zero-order valence-corrected chi connectivity index (χ0v) is 14.7. The summed E-state index contributed by atoms with van der Waals surface area (Å²) >= 11 is 0. The largest absolute Gasteiger partial charge is 0.340 e. The van der Waals surface area contributed by atoms with Gasteiger partial charge in [-0.05, 0) is 30.7 Å². The van der Waals surface area contributed by atoms with E-state index in [1.807, 2.05) is 36.4 Å². The maximum absolute atomic E-state index is 12.3. The van der Waals surface area contributed by atoms with Gasteiger partial charge < -0.3 is 9.40 Å². The van der Waals surface area contributed by atoms with Gasteiger partial charge >= 0.3 is 5.97 Å². The van der Waals surface area contributed by atoms with Crippen molar-refractivity contribution in [3.8, 4) is 0 Å². The number of aryl methyl sites for hydroxylation is 1.